The highest BCUT2D eigenvalue weighted by atomic mass is 19.4. The molecule has 2 heterocycles. The predicted octanol–water partition coefficient (Wildman–Crippen LogP) is 4.01. The number of aryl methyl sites for hydroxylation is 1. The van der Waals surface area contributed by atoms with E-state index in [0.717, 1.165) is 31.8 Å². The number of nitrogens with zero attached hydrogens (tertiary/aromatic N) is 3. The number of hydrogen-bond acceptors (Lipinski definition) is 6. The van der Waals surface area contributed by atoms with E-state index in [2.05, 4.69) is 40.0 Å². The lowest BCUT2D eigenvalue weighted by molar-refractivity contribution is -0.192. The lowest BCUT2D eigenvalue weighted by atomic mass is 9.96. The molecule has 39 heavy (non-hydrogen) atoms. The number of likely N-dealkylation sites (tertiary alicyclic amines) is 1. The van der Waals surface area contributed by atoms with Gasteiger partial charge >= 0.3 is 12.1 Å². The second-order valence-electron chi connectivity index (χ2n) is 10.5. The lowest BCUT2D eigenvalue weighted by Crippen LogP contribution is -2.38. The number of carboxylic acid groups (broad SMARTS) is 1. The van der Waals surface area contributed by atoms with Crippen molar-refractivity contribution in [1.82, 2.24) is 25.5 Å². The zero-order valence-corrected chi connectivity index (χ0v) is 22.3. The molecule has 9 nitrogen and oxygen atoms in total. The molecule has 4 N–H and O–H groups in total. The minimum absolute atomic E-state index is 0.430. The summed E-state index contributed by atoms with van der Waals surface area (Å²) in [6, 6.07) is 8.54. The van der Waals surface area contributed by atoms with Crippen LogP contribution in [0.2, 0.25) is 0 Å². The third-order valence-corrected chi connectivity index (χ3v) is 7.24. The number of rotatable bonds is 10. The van der Waals surface area contributed by atoms with E-state index in [0.29, 0.717) is 23.6 Å². The number of amides is 1. The standard InChI is InChI=1S/C25H37N5O2.C2HF3O2/c1-18(2)30-17-22(16-27-30)23-14-24(23)26-15-20-9-12-29(13-10-20)11-3-4-19-5-7-21(8-6-19)25(31)28-32;3-2(4,5)1(6)7/h5-8,16-18,20,23-24,26,32H,3-4,9-15H2,1-2H3,(H,28,31);(H,6,7). The third kappa shape index (κ3) is 9.63. The number of benzene rings is 1. The van der Waals surface area contributed by atoms with Crippen LogP contribution in [0.4, 0.5) is 13.2 Å². The van der Waals surface area contributed by atoms with Gasteiger partial charge in [0.15, 0.2) is 0 Å². The first kappa shape index (κ1) is 30.6. The molecule has 1 saturated carbocycles. The Labute approximate surface area is 226 Å². The Kier molecular flexibility index (Phi) is 10.9. The second kappa shape index (κ2) is 13.9. The van der Waals surface area contributed by atoms with E-state index >= 15 is 0 Å². The Bertz CT molecular complexity index is 1070. The Morgan fingerprint density at radius 3 is 2.33 bits per heavy atom. The third-order valence-electron chi connectivity index (χ3n) is 7.24. The van der Waals surface area contributed by atoms with Gasteiger partial charge in [-0.3, -0.25) is 14.7 Å². The average Bonchev–Trinajstić information content (AvgIpc) is 3.51. The molecule has 1 aliphatic carbocycles. The smallest absolute Gasteiger partial charge is 0.475 e. The minimum Gasteiger partial charge on any atom is -0.475 e. The maximum atomic E-state index is 11.4. The van der Waals surface area contributed by atoms with Crippen LogP contribution in [0.25, 0.3) is 0 Å². The van der Waals surface area contributed by atoms with Gasteiger partial charge in [0.25, 0.3) is 5.91 Å². The summed E-state index contributed by atoms with van der Waals surface area (Å²) in [4.78, 5) is 22.9. The first-order valence-electron chi connectivity index (χ1n) is 13.3. The number of carbonyl (C=O) groups is 2. The number of carboxylic acids is 1. The number of hydroxylamine groups is 1. The molecule has 2 atom stereocenters. The number of alkyl halides is 3. The summed E-state index contributed by atoms with van der Waals surface area (Å²) in [7, 11) is 0. The van der Waals surface area contributed by atoms with Crippen LogP contribution in [0.15, 0.2) is 36.7 Å². The average molecular weight is 554 g/mol. The fourth-order valence-electron chi connectivity index (χ4n) is 4.74. The molecule has 0 spiro atoms. The van der Waals surface area contributed by atoms with Gasteiger partial charge in [-0.1, -0.05) is 12.1 Å². The van der Waals surface area contributed by atoms with Crippen LogP contribution in [-0.2, 0) is 11.2 Å². The van der Waals surface area contributed by atoms with Crippen molar-refractivity contribution in [3.05, 3.63) is 53.3 Å². The normalized spacial score (nSPS) is 19.9. The molecule has 2 unspecified atom stereocenters. The van der Waals surface area contributed by atoms with E-state index < -0.39 is 18.1 Å². The Balaban J connectivity index is 0.000000532. The van der Waals surface area contributed by atoms with Crippen LogP contribution in [0.5, 0.6) is 0 Å². The molecule has 1 saturated heterocycles. The summed E-state index contributed by atoms with van der Waals surface area (Å²) >= 11 is 0. The monoisotopic (exact) mass is 553 g/mol. The van der Waals surface area contributed by atoms with Crippen molar-refractivity contribution in [2.75, 3.05) is 26.2 Å². The zero-order valence-electron chi connectivity index (χ0n) is 22.3. The second-order valence-corrected chi connectivity index (χ2v) is 10.5. The number of piperidine rings is 1. The van der Waals surface area contributed by atoms with Crippen molar-refractivity contribution < 1.29 is 33.1 Å². The molecule has 4 rings (SSSR count). The fourth-order valence-corrected chi connectivity index (χ4v) is 4.74. The highest BCUT2D eigenvalue weighted by Crippen LogP contribution is 2.41. The zero-order chi connectivity index (χ0) is 28.6. The summed E-state index contributed by atoms with van der Waals surface area (Å²) in [5.74, 6) is -1.79. The van der Waals surface area contributed by atoms with Crippen molar-refractivity contribution in [2.24, 2.45) is 5.92 Å². The van der Waals surface area contributed by atoms with Crippen LogP contribution in [0.3, 0.4) is 0 Å². The minimum atomic E-state index is -5.08. The van der Waals surface area contributed by atoms with Gasteiger partial charge in [-0.25, -0.2) is 10.3 Å². The highest BCUT2D eigenvalue weighted by Gasteiger charge is 2.39. The molecule has 0 bridgehead atoms. The first-order chi connectivity index (χ1) is 18.5. The van der Waals surface area contributed by atoms with Crippen molar-refractivity contribution in [3.63, 3.8) is 0 Å². The van der Waals surface area contributed by atoms with Gasteiger partial charge in [0, 0.05) is 29.8 Å². The van der Waals surface area contributed by atoms with Crippen molar-refractivity contribution in [2.45, 2.75) is 70.1 Å². The molecule has 2 aromatic rings. The molecule has 2 fully saturated rings. The van der Waals surface area contributed by atoms with Gasteiger partial charge in [-0.15, -0.1) is 0 Å². The molecule has 1 amide bonds. The SMILES string of the molecule is CC(C)n1cc(C2CC2NCC2CCN(CCCc3ccc(C(=O)NO)cc3)CC2)cn1.O=C(O)C(F)(F)F. The number of aliphatic carboxylic acids is 1. The van der Waals surface area contributed by atoms with E-state index in [1.165, 1.54) is 43.5 Å². The topological polar surface area (TPSA) is 120 Å². The molecule has 1 aliphatic heterocycles. The lowest BCUT2D eigenvalue weighted by Gasteiger charge is -2.32. The molecule has 216 valence electrons. The Morgan fingerprint density at radius 2 is 1.79 bits per heavy atom. The van der Waals surface area contributed by atoms with Crippen LogP contribution < -0.4 is 10.8 Å². The van der Waals surface area contributed by atoms with Gasteiger partial charge in [-0.05, 0) is 101 Å². The molecule has 1 aromatic carbocycles. The van der Waals surface area contributed by atoms with Crippen LogP contribution >= 0.6 is 0 Å². The first-order valence-corrected chi connectivity index (χ1v) is 13.3. The number of halogens is 3. The number of hydrogen-bond donors (Lipinski definition) is 4. The fraction of sp³-hybridized carbons (Fsp3) is 0.593. The highest BCUT2D eigenvalue weighted by molar-refractivity contribution is 5.93. The summed E-state index contributed by atoms with van der Waals surface area (Å²) < 4.78 is 33.8. The van der Waals surface area contributed by atoms with Crippen LogP contribution in [0.1, 0.15) is 73.0 Å². The molecular formula is C27H38F3N5O4. The largest absolute Gasteiger partial charge is 0.490 e. The Hall–Kier alpha value is -2.96. The Morgan fingerprint density at radius 1 is 1.15 bits per heavy atom. The quantitative estimate of drug-likeness (QED) is 0.259. The van der Waals surface area contributed by atoms with Gasteiger partial charge in [0.2, 0.25) is 0 Å². The number of nitrogens with one attached hydrogen (secondary N) is 2. The van der Waals surface area contributed by atoms with E-state index in [-0.39, 0.29) is 0 Å². The van der Waals surface area contributed by atoms with E-state index in [9.17, 15) is 18.0 Å². The summed E-state index contributed by atoms with van der Waals surface area (Å²) in [6.07, 6.45) is 5.12. The molecule has 2 aliphatic rings. The van der Waals surface area contributed by atoms with Crippen molar-refractivity contribution in [1.29, 1.82) is 0 Å². The predicted molar refractivity (Wildman–Crippen MR) is 139 cm³/mol. The van der Waals surface area contributed by atoms with Crippen molar-refractivity contribution in [3.8, 4) is 0 Å². The summed E-state index contributed by atoms with van der Waals surface area (Å²) in [5.41, 5.74) is 4.77. The summed E-state index contributed by atoms with van der Waals surface area (Å²) in [5, 5.41) is 24.1. The van der Waals surface area contributed by atoms with E-state index in [4.69, 9.17) is 15.1 Å². The van der Waals surface area contributed by atoms with Gasteiger partial charge < -0.3 is 15.3 Å². The van der Waals surface area contributed by atoms with Gasteiger partial charge in [-0.2, -0.15) is 18.3 Å². The van der Waals surface area contributed by atoms with Gasteiger partial charge in [0.05, 0.1) is 6.20 Å². The summed E-state index contributed by atoms with van der Waals surface area (Å²) in [6.45, 7) is 8.99. The molecule has 12 heteroatoms. The van der Waals surface area contributed by atoms with E-state index in [1.54, 1.807) is 17.6 Å². The van der Waals surface area contributed by atoms with E-state index in [1.807, 2.05) is 18.3 Å². The number of aromatic nitrogens is 2. The van der Waals surface area contributed by atoms with Gasteiger partial charge in [0.1, 0.15) is 0 Å². The number of carbonyl (C=O) groups excluding carboxylic acids is 1. The molecular weight excluding hydrogens is 515 g/mol. The van der Waals surface area contributed by atoms with Crippen molar-refractivity contribution >= 4 is 11.9 Å². The van der Waals surface area contributed by atoms with Crippen LogP contribution in [0, 0.1) is 5.92 Å². The van der Waals surface area contributed by atoms with Crippen LogP contribution in [-0.4, -0.2) is 75.3 Å². The molecule has 0 radical (unpaired) electrons. The maximum Gasteiger partial charge on any atom is 0.490 e. The molecule has 1 aromatic heterocycles. The maximum absolute atomic E-state index is 11.4.